The fourth-order valence-corrected chi connectivity index (χ4v) is 3.21. The Morgan fingerprint density at radius 3 is 2.86 bits per heavy atom. The number of aryl methyl sites for hydroxylation is 1. The van der Waals surface area contributed by atoms with E-state index in [2.05, 4.69) is 33.5 Å². The summed E-state index contributed by atoms with van der Waals surface area (Å²) >= 11 is 0. The molecule has 0 saturated heterocycles. The Hall–Kier alpha value is -3.54. The molecule has 4 rings (SSSR count). The van der Waals surface area contributed by atoms with Crippen molar-refractivity contribution in [3.05, 3.63) is 72.2 Å². The number of aromatic nitrogens is 3. The van der Waals surface area contributed by atoms with Gasteiger partial charge in [-0.1, -0.05) is 24.3 Å². The summed E-state index contributed by atoms with van der Waals surface area (Å²) in [5.74, 6) is 1.65. The van der Waals surface area contributed by atoms with E-state index in [9.17, 15) is 0 Å². The topological polar surface area (TPSA) is 77.5 Å². The predicted molar refractivity (Wildman–Crippen MR) is 113 cm³/mol. The Morgan fingerprint density at radius 1 is 1.14 bits per heavy atom. The van der Waals surface area contributed by atoms with Gasteiger partial charge in [0.2, 0.25) is 0 Å². The minimum Gasteiger partial charge on any atom is -0.494 e. The van der Waals surface area contributed by atoms with Crippen molar-refractivity contribution in [3.63, 3.8) is 0 Å². The Kier molecular flexibility index (Phi) is 4.85. The highest BCUT2D eigenvalue weighted by molar-refractivity contribution is 5.72. The number of anilines is 2. The first kappa shape index (κ1) is 17.9. The highest BCUT2D eigenvalue weighted by Gasteiger charge is 2.11. The quantitative estimate of drug-likeness (QED) is 0.493. The molecule has 0 bridgehead atoms. The fourth-order valence-electron chi connectivity index (χ4n) is 3.21. The number of hydrogen-bond acceptors (Lipinski definition) is 5. The van der Waals surface area contributed by atoms with Gasteiger partial charge in [-0.3, -0.25) is 4.40 Å². The Morgan fingerprint density at radius 2 is 2.04 bits per heavy atom. The molecule has 0 fully saturated rings. The molecule has 4 aromatic rings. The lowest BCUT2D eigenvalue weighted by Gasteiger charge is -2.11. The van der Waals surface area contributed by atoms with Crippen LogP contribution in [0.3, 0.4) is 0 Å². The van der Waals surface area contributed by atoms with Crippen LogP contribution in [0.2, 0.25) is 0 Å². The average Bonchev–Trinajstić information content (AvgIpc) is 3.13. The number of imidazole rings is 1. The first-order valence-electron chi connectivity index (χ1n) is 9.30. The van der Waals surface area contributed by atoms with Gasteiger partial charge in [-0.25, -0.2) is 9.97 Å². The monoisotopic (exact) mass is 373 g/mol. The first-order valence-corrected chi connectivity index (χ1v) is 9.30. The molecule has 0 spiro atoms. The highest BCUT2D eigenvalue weighted by atomic mass is 16.5. The SMILES string of the molecule is CCOc1cc(CNc2nccn3c(-c4cccc(N)c4)cnc23)ccc1C. The minimum absolute atomic E-state index is 0.632. The van der Waals surface area contributed by atoms with Gasteiger partial charge in [0, 0.05) is 30.2 Å². The van der Waals surface area contributed by atoms with Crippen LogP contribution in [0.4, 0.5) is 11.5 Å². The molecule has 0 radical (unpaired) electrons. The van der Waals surface area contributed by atoms with Gasteiger partial charge in [0.05, 0.1) is 18.5 Å². The molecule has 0 atom stereocenters. The van der Waals surface area contributed by atoms with Crippen molar-refractivity contribution < 1.29 is 4.74 Å². The molecule has 28 heavy (non-hydrogen) atoms. The number of hydrogen-bond donors (Lipinski definition) is 2. The van der Waals surface area contributed by atoms with Gasteiger partial charge >= 0.3 is 0 Å². The van der Waals surface area contributed by atoms with Crippen molar-refractivity contribution in [1.29, 1.82) is 0 Å². The van der Waals surface area contributed by atoms with E-state index >= 15 is 0 Å². The molecule has 0 aliphatic carbocycles. The Bertz CT molecular complexity index is 1120. The molecular weight excluding hydrogens is 350 g/mol. The summed E-state index contributed by atoms with van der Waals surface area (Å²) in [7, 11) is 0. The lowest BCUT2D eigenvalue weighted by molar-refractivity contribution is 0.337. The van der Waals surface area contributed by atoms with Crippen LogP contribution in [0.1, 0.15) is 18.1 Å². The zero-order valence-corrected chi connectivity index (χ0v) is 16.0. The maximum atomic E-state index is 5.93. The Balaban J connectivity index is 1.61. The number of fused-ring (bicyclic) bond motifs is 1. The van der Waals surface area contributed by atoms with Crippen LogP contribution in [0.5, 0.6) is 5.75 Å². The molecular formula is C22H23N5O. The largest absolute Gasteiger partial charge is 0.494 e. The summed E-state index contributed by atoms with van der Waals surface area (Å²) in [5, 5.41) is 3.39. The van der Waals surface area contributed by atoms with Gasteiger partial charge in [0.25, 0.3) is 0 Å². The van der Waals surface area contributed by atoms with Crippen molar-refractivity contribution in [1.82, 2.24) is 14.4 Å². The summed E-state index contributed by atoms with van der Waals surface area (Å²) in [6.07, 6.45) is 5.52. The number of ether oxygens (including phenoxy) is 1. The number of nitrogens with two attached hydrogens (primary N) is 1. The molecule has 0 aliphatic heterocycles. The zero-order valence-electron chi connectivity index (χ0n) is 16.0. The maximum Gasteiger partial charge on any atom is 0.180 e. The van der Waals surface area contributed by atoms with Crippen LogP contribution in [0, 0.1) is 6.92 Å². The van der Waals surface area contributed by atoms with Crippen LogP contribution < -0.4 is 15.8 Å². The van der Waals surface area contributed by atoms with Gasteiger partial charge in [-0.05, 0) is 43.2 Å². The lowest BCUT2D eigenvalue weighted by Crippen LogP contribution is -2.05. The first-order chi connectivity index (χ1) is 13.7. The molecule has 2 heterocycles. The normalized spacial score (nSPS) is 10.9. The summed E-state index contributed by atoms with van der Waals surface area (Å²) < 4.78 is 7.71. The zero-order chi connectivity index (χ0) is 19.5. The Labute approximate surface area is 164 Å². The van der Waals surface area contributed by atoms with Crippen LogP contribution in [0.15, 0.2) is 61.1 Å². The molecule has 0 saturated carbocycles. The van der Waals surface area contributed by atoms with Crippen molar-refractivity contribution in [2.75, 3.05) is 17.7 Å². The van der Waals surface area contributed by atoms with E-state index in [0.29, 0.717) is 13.2 Å². The summed E-state index contributed by atoms with van der Waals surface area (Å²) in [6, 6.07) is 14.0. The van der Waals surface area contributed by atoms with E-state index < -0.39 is 0 Å². The third-order valence-electron chi connectivity index (χ3n) is 4.62. The molecule has 6 heteroatoms. The van der Waals surface area contributed by atoms with E-state index in [0.717, 1.165) is 45.3 Å². The minimum atomic E-state index is 0.632. The summed E-state index contributed by atoms with van der Waals surface area (Å²) in [5.41, 5.74) is 11.7. The van der Waals surface area contributed by atoms with Gasteiger partial charge < -0.3 is 15.8 Å². The lowest BCUT2D eigenvalue weighted by atomic mass is 10.1. The maximum absolute atomic E-state index is 5.93. The van der Waals surface area contributed by atoms with E-state index in [4.69, 9.17) is 10.5 Å². The van der Waals surface area contributed by atoms with E-state index in [1.807, 2.05) is 54.9 Å². The second-order valence-corrected chi connectivity index (χ2v) is 6.62. The summed E-state index contributed by atoms with van der Waals surface area (Å²) in [4.78, 5) is 9.04. The number of benzene rings is 2. The third-order valence-corrected chi connectivity index (χ3v) is 4.62. The molecule has 3 N–H and O–H groups in total. The number of nitrogens with zero attached hydrogens (tertiary/aromatic N) is 3. The molecule has 2 aromatic heterocycles. The molecule has 0 unspecified atom stereocenters. The van der Waals surface area contributed by atoms with Gasteiger partial charge in [0.15, 0.2) is 11.5 Å². The molecule has 6 nitrogen and oxygen atoms in total. The standard InChI is InChI=1S/C22H23N5O/c1-3-28-20-11-16(8-7-15(20)2)13-25-21-22-26-14-19(27(22)10-9-24-21)17-5-4-6-18(23)12-17/h4-12,14H,3,13,23H2,1-2H3,(H,24,25). The number of rotatable bonds is 6. The van der Waals surface area contributed by atoms with Crippen molar-refractivity contribution in [2.45, 2.75) is 20.4 Å². The third kappa shape index (κ3) is 3.49. The van der Waals surface area contributed by atoms with Crippen LogP contribution in [0.25, 0.3) is 16.9 Å². The van der Waals surface area contributed by atoms with Crippen LogP contribution in [-0.2, 0) is 6.54 Å². The van der Waals surface area contributed by atoms with Gasteiger partial charge in [0.1, 0.15) is 5.75 Å². The van der Waals surface area contributed by atoms with Crippen LogP contribution >= 0.6 is 0 Å². The fraction of sp³-hybridized carbons (Fsp3) is 0.182. The highest BCUT2D eigenvalue weighted by Crippen LogP contribution is 2.25. The molecule has 0 aliphatic rings. The van der Waals surface area contributed by atoms with Gasteiger partial charge in [-0.15, -0.1) is 0 Å². The molecule has 142 valence electrons. The molecule has 0 amide bonds. The average molecular weight is 373 g/mol. The number of nitrogen functional groups attached to an aromatic ring is 1. The second kappa shape index (κ2) is 7.60. The van der Waals surface area contributed by atoms with Crippen molar-refractivity contribution in [2.24, 2.45) is 0 Å². The smallest absolute Gasteiger partial charge is 0.180 e. The second-order valence-electron chi connectivity index (χ2n) is 6.62. The van der Waals surface area contributed by atoms with Crippen molar-refractivity contribution in [3.8, 4) is 17.0 Å². The van der Waals surface area contributed by atoms with Crippen LogP contribution in [-0.4, -0.2) is 21.0 Å². The van der Waals surface area contributed by atoms with E-state index in [1.54, 1.807) is 6.20 Å². The van der Waals surface area contributed by atoms with Crippen molar-refractivity contribution >= 4 is 17.2 Å². The summed E-state index contributed by atoms with van der Waals surface area (Å²) in [6.45, 7) is 5.32. The van der Waals surface area contributed by atoms with E-state index in [1.165, 1.54) is 0 Å². The van der Waals surface area contributed by atoms with E-state index in [-0.39, 0.29) is 0 Å². The predicted octanol–water partition coefficient (Wildman–Crippen LogP) is 4.30. The van der Waals surface area contributed by atoms with Gasteiger partial charge in [-0.2, -0.15) is 0 Å². The number of nitrogens with one attached hydrogen (secondary N) is 1. The molecule has 2 aromatic carbocycles.